The Balaban J connectivity index is 2.06. The molecule has 1 aliphatic carbocycles. The van der Waals surface area contributed by atoms with Gasteiger partial charge in [-0.25, -0.2) is 0 Å². The SMILES string of the molecule is NC1(Cc2ccc(Br)cn2)CCCC1. The Morgan fingerprint density at radius 2 is 2.07 bits per heavy atom. The second-order valence-corrected chi connectivity index (χ2v) is 5.13. The van der Waals surface area contributed by atoms with E-state index >= 15 is 0 Å². The molecule has 0 radical (unpaired) electrons. The lowest BCUT2D eigenvalue weighted by Crippen LogP contribution is -2.38. The van der Waals surface area contributed by atoms with E-state index < -0.39 is 0 Å². The number of nitrogens with zero attached hydrogens (tertiary/aromatic N) is 1. The number of rotatable bonds is 2. The van der Waals surface area contributed by atoms with Gasteiger partial charge in [-0.15, -0.1) is 0 Å². The van der Waals surface area contributed by atoms with Crippen LogP contribution >= 0.6 is 15.9 Å². The van der Waals surface area contributed by atoms with Crippen LogP contribution in [0.15, 0.2) is 22.8 Å². The molecule has 0 unspecified atom stereocenters. The smallest absolute Gasteiger partial charge is 0.0422 e. The minimum absolute atomic E-state index is 0.0147. The molecule has 0 aromatic carbocycles. The van der Waals surface area contributed by atoms with Crippen molar-refractivity contribution < 1.29 is 0 Å². The maximum atomic E-state index is 6.28. The van der Waals surface area contributed by atoms with Gasteiger partial charge in [0.2, 0.25) is 0 Å². The average Bonchev–Trinajstić information content (AvgIpc) is 2.57. The molecule has 1 saturated carbocycles. The van der Waals surface area contributed by atoms with E-state index in [1.54, 1.807) is 0 Å². The highest BCUT2D eigenvalue weighted by atomic mass is 79.9. The normalized spacial score (nSPS) is 19.9. The van der Waals surface area contributed by atoms with Gasteiger partial charge in [-0.3, -0.25) is 4.98 Å². The predicted octanol–water partition coefficient (Wildman–Crippen LogP) is 2.66. The molecule has 3 heteroatoms. The number of halogens is 1. The molecule has 14 heavy (non-hydrogen) atoms. The van der Waals surface area contributed by atoms with Crippen molar-refractivity contribution in [3.8, 4) is 0 Å². The molecular weight excluding hydrogens is 240 g/mol. The monoisotopic (exact) mass is 254 g/mol. The Bertz CT molecular complexity index is 302. The van der Waals surface area contributed by atoms with Gasteiger partial charge in [-0.2, -0.15) is 0 Å². The first-order chi connectivity index (χ1) is 6.68. The van der Waals surface area contributed by atoms with Crippen molar-refractivity contribution in [2.75, 3.05) is 0 Å². The maximum absolute atomic E-state index is 6.28. The molecule has 76 valence electrons. The molecule has 0 atom stereocenters. The number of hydrogen-bond donors (Lipinski definition) is 1. The van der Waals surface area contributed by atoms with Crippen LogP contribution in [0.3, 0.4) is 0 Å². The van der Waals surface area contributed by atoms with Crippen LogP contribution in [0.5, 0.6) is 0 Å². The topological polar surface area (TPSA) is 38.9 Å². The van der Waals surface area contributed by atoms with E-state index in [0.29, 0.717) is 0 Å². The third kappa shape index (κ3) is 2.34. The molecule has 0 aliphatic heterocycles. The Kier molecular flexibility index (Phi) is 2.88. The largest absolute Gasteiger partial charge is 0.325 e. The molecule has 0 saturated heterocycles. The highest BCUT2D eigenvalue weighted by Crippen LogP contribution is 2.29. The van der Waals surface area contributed by atoms with Crippen molar-refractivity contribution in [2.45, 2.75) is 37.6 Å². The van der Waals surface area contributed by atoms with Crippen molar-refractivity contribution >= 4 is 15.9 Å². The summed E-state index contributed by atoms with van der Waals surface area (Å²) in [6, 6.07) is 4.08. The van der Waals surface area contributed by atoms with Gasteiger partial charge < -0.3 is 5.73 Å². The molecule has 0 amide bonds. The van der Waals surface area contributed by atoms with E-state index in [-0.39, 0.29) is 5.54 Å². The highest BCUT2D eigenvalue weighted by Gasteiger charge is 2.29. The van der Waals surface area contributed by atoms with E-state index in [9.17, 15) is 0 Å². The third-order valence-corrected chi connectivity index (χ3v) is 3.39. The summed E-state index contributed by atoms with van der Waals surface area (Å²) in [6.07, 6.45) is 7.59. The van der Waals surface area contributed by atoms with Crippen molar-refractivity contribution in [2.24, 2.45) is 5.73 Å². The van der Waals surface area contributed by atoms with Crippen LogP contribution in [-0.2, 0) is 6.42 Å². The molecule has 1 fully saturated rings. The Labute approximate surface area is 93.0 Å². The van der Waals surface area contributed by atoms with Crippen molar-refractivity contribution in [1.29, 1.82) is 0 Å². The molecule has 1 aromatic rings. The summed E-state index contributed by atoms with van der Waals surface area (Å²) >= 11 is 3.38. The number of hydrogen-bond acceptors (Lipinski definition) is 2. The van der Waals surface area contributed by atoms with Crippen LogP contribution in [0.1, 0.15) is 31.4 Å². The van der Waals surface area contributed by atoms with Crippen LogP contribution in [0.4, 0.5) is 0 Å². The van der Waals surface area contributed by atoms with Crippen LogP contribution in [0, 0.1) is 0 Å². The molecule has 1 heterocycles. The molecule has 2 rings (SSSR count). The molecule has 1 aliphatic rings. The first-order valence-corrected chi connectivity index (χ1v) is 5.87. The van der Waals surface area contributed by atoms with Gasteiger partial charge in [-0.05, 0) is 40.9 Å². The Hall–Kier alpha value is -0.410. The lowest BCUT2D eigenvalue weighted by molar-refractivity contribution is 0.432. The summed E-state index contributed by atoms with van der Waals surface area (Å²) in [5.74, 6) is 0. The number of aromatic nitrogens is 1. The summed E-state index contributed by atoms with van der Waals surface area (Å²) in [4.78, 5) is 4.36. The second-order valence-electron chi connectivity index (χ2n) is 4.21. The standard InChI is InChI=1S/C11H15BrN2/c12-9-3-4-10(14-8-9)7-11(13)5-1-2-6-11/h3-4,8H,1-2,5-7,13H2. The first kappa shape index (κ1) is 10.1. The van der Waals surface area contributed by atoms with Gasteiger partial charge in [0.15, 0.2) is 0 Å². The molecule has 2 nitrogen and oxygen atoms in total. The van der Waals surface area contributed by atoms with Crippen LogP contribution in [-0.4, -0.2) is 10.5 Å². The summed E-state index contributed by atoms with van der Waals surface area (Å²) in [5, 5.41) is 0. The highest BCUT2D eigenvalue weighted by molar-refractivity contribution is 9.10. The van der Waals surface area contributed by atoms with Gasteiger partial charge in [-0.1, -0.05) is 12.8 Å². The lowest BCUT2D eigenvalue weighted by Gasteiger charge is -2.22. The number of pyridine rings is 1. The minimum Gasteiger partial charge on any atom is -0.325 e. The maximum Gasteiger partial charge on any atom is 0.0422 e. The van der Waals surface area contributed by atoms with E-state index in [1.165, 1.54) is 12.8 Å². The summed E-state index contributed by atoms with van der Waals surface area (Å²) in [7, 11) is 0. The zero-order chi connectivity index (χ0) is 10.0. The van der Waals surface area contributed by atoms with Gasteiger partial charge >= 0.3 is 0 Å². The average molecular weight is 255 g/mol. The number of nitrogens with two attached hydrogens (primary N) is 1. The van der Waals surface area contributed by atoms with Crippen LogP contribution in [0.2, 0.25) is 0 Å². The zero-order valence-electron chi connectivity index (χ0n) is 8.17. The fraction of sp³-hybridized carbons (Fsp3) is 0.545. The molecule has 2 N–H and O–H groups in total. The minimum atomic E-state index is 0.0147. The van der Waals surface area contributed by atoms with Gasteiger partial charge in [0.25, 0.3) is 0 Å². The fourth-order valence-electron chi connectivity index (χ4n) is 2.13. The zero-order valence-corrected chi connectivity index (χ0v) is 9.76. The molecule has 0 bridgehead atoms. The molecule has 1 aromatic heterocycles. The summed E-state index contributed by atoms with van der Waals surface area (Å²) < 4.78 is 1.03. The van der Waals surface area contributed by atoms with E-state index in [2.05, 4.69) is 27.0 Å². The van der Waals surface area contributed by atoms with Gasteiger partial charge in [0, 0.05) is 28.3 Å². The summed E-state index contributed by atoms with van der Waals surface area (Å²) in [5.41, 5.74) is 7.40. The van der Waals surface area contributed by atoms with Crippen molar-refractivity contribution in [1.82, 2.24) is 4.98 Å². The Morgan fingerprint density at radius 1 is 1.36 bits per heavy atom. The van der Waals surface area contributed by atoms with Crippen LogP contribution < -0.4 is 5.73 Å². The van der Waals surface area contributed by atoms with E-state index in [0.717, 1.165) is 29.4 Å². The molecular formula is C11H15BrN2. The van der Waals surface area contributed by atoms with E-state index in [1.807, 2.05) is 12.3 Å². The van der Waals surface area contributed by atoms with Gasteiger partial charge in [0.05, 0.1) is 0 Å². The second kappa shape index (κ2) is 3.99. The lowest BCUT2D eigenvalue weighted by atomic mass is 9.93. The van der Waals surface area contributed by atoms with Crippen molar-refractivity contribution in [3.05, 3.63) is 28.5 Å². The summed E-state index contributed by atoms with van der Waals surface area (Å²) in [6.45, 7) is 0. The van der Waals surface area contributed by atoms with Gasteiger partial charge in [0.1, 0.15) is 0 Å². The Morgan fingerprint density at radius 3 is 2.64 bits per heavy atom. The third-order valence-electron chi connectivity index (χ3n) is 2.92. The predicted molar refractivity (Wildman–Crippen MR) is 61.0 cm³/mol. The molecule has 0 spiro atoms. The van der Waals surface area contributed by atoms with E-state index in [4.69, 9.17) is 5.73 Å². The quantitative estimate of drug-likeness (QED) is 0.882. The fourth-order valence-corrected chi connectivity index (χ4v) is 2.36. The van der Waals surface area contributed by atoms with Crippen LogP contribution in [0.25, 0.3) is 0 Å². The first-order valence-electron chi connectivity index (χ1n) is 5.07. The van der Waals surface area contributed by atoms with Crippen molar-refractivity contribution in [3.63, 3.8) is 0 Å².